The standard InChI is InChI=1S/C11H13O5P.Na/c12-10-6-9(7-16-10)17(14,15)11(13)8-4-2-1-3-5-8;/h1-5,9,11,13H,6-7H2,(H,14,15);/q;+1/p-1. The number of ether oxygens (including phenoxy) is 1. The first-order valence-corrected chi connectivity index (χ1v) is 6.97. The Morgan fingerprint density at radius 1 is 1.39 bits per heavy atom. The summed E-state index contributed by atoms with van der Waals surface area (Å²) >= 11 is 0. The van der Waals surface area contributed by atoms with Crippen molar-refractivity contribution in [2.45, 2.75) is 17.9 Å². The van der Waals surface area contributed by atoms with Crippen LogP contribution in [0, 0.1) is 0 Å². The summed E-state index contributed by atoms with van der Waals surface area (Å²) < 4.78 is 16.6. The molecule has 7 heteroatoms. The third-order valence-electron chi connectivity index (χ3n) is 2.79. The molecule has 1 N–H and O–H groups in total. The molecule has 92 valence electrons. The van der Waals surface area contributed by atoms with Gasteiger partial charge < -0.3 is 19.3 Å². The molecule has 1 aliphatic rings. The van der Waals surface area contributed by atoms with E-state index in [-0.39, 0.29) is 42.6 Å². The largest absolute Gasteiger partial charge is 1.00 e. The zero-order chi connectivity index (χ0) is 12.5. The third kappa shape index (κ3) is 3.23. The van der Waals surface area contributed by atoms with Crippen molar-refractivity contribution < 1.29 is 53.7 Å². The number of hydrogen-bond donors (Lipinski definition) is 1. The second-order valence-electron chi connectivity index (χ2n) is 3.97. The summed E-state index contributed by atoms with van der Waals surface area (Å²) in [5.74, 6) is -2.12. The molecule has 0 aromatic heterocycles. The summed E-state index contributed by atoms with van der Waals surface area (Å²) in [7, 11) is -4.13. The SMILES string of the molecule is O=C1CC(P(=O)([O-])C(O)c2ccccc2)CO1.[Na+]. The van der Waals surface area contributed by atoms with E-state index < -0.39 is 24.8 Å². The molecule has 1 heterocycles. The predicted molar refractivity (Wildman–Crippen MR) is 58.4 cm³/mol. The zero-order valence-electron chi connectivity index (χ0n) is 9.98. The van der Waals surface area contributed by atoms with Crippen molar-refractivity contribution in [3.8, 4) is 0 Å². The van der Waals surface area contributed by atoms with Crippen LogP contribution in [-0.2, 0) is 14.1 Å². The molecule has 5 nitrogen and oxygen atoms in total. The minimum atomic E-state index is -4.13. The fourth-order valence-corrected chi connectivity index (χ4v) is 3.44. The second-order valence-corrected chi connectivity index (χ2v) is 6.48. The van der Waals surface area contributed by atoms with Gasteiger partial charge >= 0.3 is 35.5 Å². The van der Waals surface area contributed by atoms with Gasteiger partial charge in [-0.1, -0.05) is 30.3 Å². The molecule has 0 bridgehead atoms. The summed E-state index contributed by atoms with van der Waals surface area (Å²) in [5, 5.41) is 9.85. The van der Waals surface area contributed by atoms with Crippen LogP contribution in [0.5, 0.6) is 0 Å². The first-order valence-electron chi connectivity index (χ1n) is 5.21. The van der Waals surface area contributed by atoms with Crippen LogP contribution in [0.2, 0.25) is 0 Å². The molecule has 0 radical (unpaired) electrons. The summed E-state index contributed by atoms with van der Waals surface area (Å²) in [6.07, 6.45) is -0.176. The van der Waals surface area contributed by atoms with Crippen LogP contribution in [0.15, 0.2) is 30.3 Å². The van der Waals surface area contributed by atoms with Gasteiger partial charge in [0, 0.05) is 5.66 Å². The number of carbonyl (C=O) groups excluding carboxylic acids is 1. The maximum Gasteiger partial charge on any atom is 1.00 e. The van der Waals surface area contributed by atoms with Crippen LogP contribution in [0.4, 0.5) is 0 Å². The molecule has 3 unspecified atom stereocenters. The van der Waals surface area contributed by atoms with E-state index in [1.165, 1.54) is 12.1 Å². The molecule has 0 amide bonds. The average Bonchev–Trinajstić information content (AvgIpc) is 2.77. The van der Waals surface area contributed by atoms with E-state index >= 15 is 0 Å². The van der Waals surface area contributed by atoms with Gasteiger partial charge in [0.05, 0.1) is 13.8 Å². The Morgan fingerprint density at radius 3 is 2.50 bits per heavy atom. The number of aliphatic hydroxyl groups is 1. The van der Waals surface area contributed by atoms with E-state index in [1.807, 2.05) is 0 Å². The van der Waals surface area contributed by atoms with Gasteiger partial charge in [-0.05, 0) is 5.56 Å². The molecule has 3 atom stereocenters. The Kier molecular flexibility index (Phi) is 5.59. The molecule has 18 heavy (non-hydrogen) atoms. The molecule has 2 rings (SSSR count). The van der Waals surface area contributed by atoms with Gasteiger partial charge in [-0.15, -0.1) is 0 Å². The van der Waals surface area contributed by atoms with Crippen molar-refractivity contribution in [1.29, 1.82) is 0 Å². The minimum Gasteiger partial charge on any atom is -0.797 e. The topological polar surface area (TPSA) is 86.7 Å². The Balaban J connectivity index is 0.00000162. The number of rotatable bonds is 3. The van der Waals surface area contributed by atoms with Gasteiger partial charge in [0.15, 0.2) is 0 Å². The van der Waals surface area contributed by atoms with Crippen molar-refractivity contribution >= 4 is 13.3 Å². The minimum absolute atomic E-state index is 0. The van der Waals surface area contributed by atoms with E-state index in [4.69, 9.17) is 0 Å². The normalized spacial score (nSPS) is 23.7. The van der Waals surface area contributed by atoms with Gasteiger partial charge in [-0.2, -0.15) is 0 Å². The van der Waals surface area contributed by atoms with Gasteiger partial charge in [0.1, 0.15) is 12.5 Å². The summed E-state index contributed by atoms with van der Waals surface area (Å²) in [6, 6.07) is 8.09. The predicted octanol–water partition coefficient (Wildman–Crippen LogP) is -2.36. The number of esters is 1. The van der Waals surface area contributed by atoms with Crippen LogP contribution in [0.25, 0.3) is 0 Å². The van der Waals surface area contributed by atoms with Crippen molar-refractivity contribution in [1.82, 2.24) is 0 Å². The molecule has 1 aromatic carbocycles. The first kappa shape index (κ1) is 15.9. The van der Waals surface area contributed by atoms with E-state index in [1.54, 1.807) is 18.2 Å². The molecule has 0 spiro atoms. The smallest absolute Gasteiger partial charge is 0.797 e. The molecule has 1 aromatic rings. The number of carbonyl (C=O) groups is 1. The molecule has 0 saturated carbocycles. The summed E-state index contributed by atoms with van der Waals surface area (Å²) in [6.45, 7) is -0.163. The van der Waals surface area contributed by atoms with Crippen LogP contribution in [0.1, 0.15) is 17.8 Å². The first-order chi connectivity index (χ1) is 8.01. The molecule has 1 saturated heterocycles. The van der Waals surface area contributed by atoms with Crippen molar-refractivity contribution in [3.63, 3.8) is 0 Å². The van der Waals surface area contributed by atoms with E-state index in [0.717, 1.165) is 0 Å². The number of hydrogen-bond acceptors (Lipinski definition) is 5. The third-order valence-corrected chi connectivity index (χ3v) is 5.12. The fraction of sp³-hybridized carbons (Fsp3) is 0.364. The molecular weight excluding hydrogens is 266 g/mol. The van der Waals surface area contributed by atoms with Gasteiger partial charge in [0.2, 0.25) is 0 Å². The number of aliphatic hydroxyl groups excluding tert-OH is 1. The fourth-order valence-electron chi connectivity index (χ4n) is 1.76. The Morgan fingerprint density at radius 2 is 2.00 bits per heavy atom. The second kappa shape index (κ2) is 6.33. The maximum absolute atomic E-state index is 12.0. The van der Waals surface area contributed by atoms with Crippen LogP contribution in [-0.4, -0.2) is 23.3 Å². The number of cyclic esters (lactones) is 1. The quantitative estimate of drug-likeness (QED) is 0.379. The Bertz CT molecular complexity index is 464. The van der Waals surface area contributed by atoms with E-state index in [9.17, 15) is 19.4 Å². The maximum atomic E-state index is 12.0. The number of benzene rings is 1. The van der Waals surface area contributed by atoms with Crippen LogP contribution < -0.4 is 34.5 Å². The molecule has 1 fully saturated rings. The van der Waals surface area contributed by atoms with Gasteiger partial charge in [0.25, 0.3) is 0 Å². The van der Waals surface area contributed by atoms with Crippen molar-refractivity contribution in [3.05, 3.63) is 35.9 Å². The zero-order valence-corrected chi connectivity index (χ0v) is 12.9. The summed E-state index contributed by atoms with van der Waals surface area (Å²) in [5.41, 5.74) is -0.615. The van der Waals surface area contributed by atoms with Crippen molar-refractivity contribution in [2.24, 2.45) is 0 Å². The van der Waals surface area contributed by atoms with Crippen molar-refractivity contribution in [2.75, 3.05) is 6.61 Å². The monoisotopic (exact) mass is 278 g/mol. The Hall–Kier alpha value is -0.160. The Labute approximate surface area is 127 Å². The van der Waals surface area contributed by atoms with Crippen LogP contribution >= 0.6 is 7.37 Å². The molecule has 1 aliphatic heterocycles. The average molecular weight is 278 g/mol. The van der Waals surface area contributed by atoms with Gasteiger partial charge in [-0.3, -0.25) is 4.79 Å². The van der Waals surface area contributed by atoms with E-state index in [0.29, 0.717) is 5.56 Å². The van der Waals surface area contributed by atoms with E-state index in [2.05, 4.69) is 4.74 Å². The molecular formula is C11H12NaO5P. The van der Waals surface area contributed by atoms with Gasteiger partial charge in [-0.25, -0.2) is 0 Å². The summed E-state index contributed by atoms with van der Waals surface area (Å²) in [4.78, 5) is 22.9. The van der Waals surface area contributed by atoms with Crippen LogP contribution in [0.3, 0.4) is 0 Å². The molecule has 0 aliphatic carbocycles.